The quantitative estimate of drug-likeness (QED) is 0.341. The van der Waals surface area contributed by atoms with Crippen LogP contribution in [0.2, 0.25) is 0 Å². The van der Waals surface area contributed by atoms with Crippen LogP contribution in [0.1, 0.15) is 34.1 Å². The molecule has 0 aromatic heterocycles. The van der Waals surface area contributed by atoms with Gasteiger partial charge in [0.25, 0.3) is 11.8 Å². The van der Waals surface area contributed by atoms with E-state index in [4.69, 9.17) is 5.73 Å². The van der Waals surface area contributed by atoms with Gasteiger partial charge in [-0.05, 0) is 24.3 Å². The molecule has 0 radical (unpaired) electrons. The third-order valence-electron chi connectivity index (χ3n) is 3.59. The molecule has 1 heterocycles. The summed E-state index contributed by atoms with van der Waals surface area (Å²) in [6.07, 6.45) is 0.500. The van der Waals surface area contributed by atoms with Gasteiger partial charge in [0.15, 0.2) is 5.96 Å². The maximum atomic E-state index is 12.6. The molecule has 0 aliphatic carbocycles. The molecule has 0 saturated heterocycles. The summed E-state index contributed by atoms with van der Waals surface area (Å²) < 4.78 is 0. The van der Waals surface area contributed by atoms with Gasteiger partial charge >= 0.3 is 5.24 Å². The van der Waals surface area contributed by atoms with Crippen molar-refractivity contribution in [3.05, 3.63) is 35.4 Å². The first-order chi connectivity index (χ1) is 12.0. The lowest BCUT2D eigenvalue weighted by molar-refractivity contribution is 0.0227. The van der Waals surface area contributed by atoms with Gasteiger partial charge in [-0.1, -0.05) is 30.8 Å². The average molecular weight is 363 g/mol. The minimum absolute atomic E-state index is 0.210. The Balaban J connectivity index is 2.15. The summed E-state index contributed by atoms with van der Waals surface area (Å²) in [5.74, 6) is -0.116. The van der Waals surface area contributed by atoms with Gasteiger partial charge in [0.05, 0.1) is 11.1 Å². The molecule has 25 heavy (non-hydrogen) atoms. The molecule has 0 spiro atoms. The molecule has 1 aliphatic heterocycles. The number of hydrazine groups is 1. The number of fused-ring (bicyclic) bond motifs is 1. The number of amides is 3. The number of aliphatic imine (C=N–C) groups is 1. The lowest BCUT2D eigenvalue weighted by atomic mass is 10.1. The predicted molar refractivity (Wildman–Crippen MR) is 97.3 cm³/mol. The zero-order chi connectivity index (χ0) is 18.4. The molecule has 8 nitrogen and oxygen atoms in total. The Hall–Kier alpha value is -2.55. The Labute approximate surface area is 150 Å². The molecular formula is C16H21N5O3S. The minimum Gasteiger partial charge on any atom is -0.370 e. The molecule has 0 saturated carbocycles. The highest BCUT2D eigenvalue weighted by Gasteiger charge is 2.40. The fraction of sp³-hybridized carbons (Fsp3) is 0.375. The van der Waals surface area contributed by atoms with Crippen LogP contribution in [0.25, 0.3) is 0 Å². The predicted octanol–water partition coefficient (Wildman–Crippen LogP) is 1.30. The Kier molecular flexibility index (Phi) is 6.40. The van der Waals surface area contributed by atoms with E-state index in [0.717, 1.165) is 16.8 Å². The van der Waals surface area contributed by atoms with Crippen LogP contribution in [-0.2, 0) is 0 Å². The van der Waals surface area contributed by atoms with Gasteiger partial charge in [0.1, 0.15) is 0 Å². The molecule has 9 heteroatoms. The average Bonchev–Trinajstić information content (AvgIpc) is 2.86. The van der Waals surface area contributed by atoms with Gasteiger partial charge in [0, 0.05) is 20.1 Å². The summed E-state index contributed by atoms with van der Waals surface area (Å²) in [6, 6.07) is 6.56. The first kappa shape index (κ1) is 18.8. The molecule has 1 aromatic carbocycles. The molecule has 3 N–H and O–H groups in total. The molecule has 3 amide bonds. The van der Waals surface area contributed by atoms with Crippen molar-refractivity contribution in [3.63, 3.8) is 0 Å². The lowest BCUT2D eigenvalue weighted by Crippen LogP contribution is -2.49. The number of thioether (sulfide) groups is 1. The van der Waals surface area contributed by atoms with Crippen LogP contribution in [0.5, 0.6) is 0 Å². The molecule has 0 atom stereocenters. The van der Waals surface area contributed by atoms with E-state index in [2.05, 4.69) is 10.3 Å². The van der Waals surface area contributed by atoms with Crippen LogP contribution < -0.4 is 11.1 Å². The first-order valence-corrected chi connectivity index (χ1v) is 8.88. The molecule has 0 fully saturated rings. The smallest absolute Gasteiger partial charge is 0.300 e. The molecule has 2 rings (SSSR count). The van der Waals surface area contributed by atoms with Gasteiger partial charge in [-0.2, -0.15) is 5.01 Å². The van der Waals surface area contributed by atoms with Crippen LogP contribution in [0.3, 0.4) is 0 Å². The zero-order valence-corrected chi connectivity index (χ0v) is 15.0. The van der Waals surface area contributed by atoms with Crippen molar-refractivity contribution in [2.24, 2.45) is 10.7 Å². The van der Waals surface area contributed by atoms with Crippen molar-refractivity contribution in [1.82, 2.24) is 15.3 Å². The summed E-state index contributed by atoms with van der Waals surface area (Å²) in [7, 11) is 1.56. The maximum absolute atomic E-state index is 12.6. The highest BCUT2D eigenvalue weighted by molar-refractivity contribution is 8.13. The number of hydrogen-bond donors (Lipinski definition) is 2. The number of guanidine groups is 1. The maximum Gasteiger partial charge on any atom is 0.300 e. The summed E-state index contributed by atoms with van der Waals surface area (Å²) in [4.78, 5) is 41.4. The van der Waals surface area contributed by atoms with E-state index < -0.39 is 11.8 Å². The SMILES string of the molecule is CCSC(=O)N(CCCNC(N)=NC)N1C(=O)c2ccccc2C1=O. The van der Waals surface area contributed by atoms with Crippen molar-refractivity contribution in [1.29, 1.82) is 0 Å². The van der Waals surface area contributed by atoms with Crippen LogP contribution in [-0.4, -0.2) is 58.9 Å². The van der Waals surface area contributed by atoms with Gasteiger partial charge in [0.2, 0.25) is 0 Å². The summed E-state index contributed by atoms with van der Waals surface area (Å²) in [6.45, 7) is 2.51. The number of nitrogens with one attached hydrogen (secondary N) is 1. The second-order valence-corrected chi connectivity index (χ2v) is 6.39. The largest absolute Gasteiger partial charge is 0.370 e. The van der Waals surface area contributed by atoms with Gasteiger partial charge in [-0.25, -0.2) is 5.01 Å². The summed E-state index contributed by atoms with van der Waals surface area (Å²) in [5.41, 5.74) is 6.18. The number of nitrogens with zero attached hydrogens (tertiary/aromatic N) is 3. The number of carbonyl (C=O) groups excluding carboxylic acids is 3. The molecule has 1 aliphatic rings. The zero-order valence-electron chi connectivity index (χ0n) is 14.2. The first-order valence-electron chi connectivity index (χ1n) is 7.89. The molecule has 134 valence electrons. The number of rotatable bonds is 6. The Morgan fingerprint density at radius 3 is 2.40 bits per heavy atom. The van der Waals surface area contributed by atoms with Crippen LogP contribution >= 0.6 is 11.8 Å². The van der Waals surface area contributed by atoms with Gasteiger partial charge in [-0.3, -0.25) is 19.4 Å². The topological polar surface area (TPSA) is 108 Å². The number of nitrogens with two attached hydrogens (primary N) is 1. The van der Waals surface area contributed by atoms with E-state index >= 15 is 0 Å². The fourth-order valence-corrected chi connectivity index (χ4v) is 2.96. The molecule has 0 unspecified atom stereocenters. The third-order valence-corrected chi connectivity index (χ3v) is 4.33. The van der Waals surface area contributed by atoms with Crippen LogP contribution in [0.4, 0.5) is 4.79 Å². The molecule has 1 aromatic rings. The summed E-state index contributed by atoms with van der Waals surface area (Å²) >= 11 is 1.05. The number of imide groups is 1. The van der Waals surface area contributed by atoms with Crippen molar-refractivity contribution in [3.8, 4) is 0 Å². The minimum atomic E-state index is -0.478. The van der Waals surface area contributed by atoms with E-state index in [1.54, 1.807) is 31.3 Å². The molecular weight excluding hydrogens is 342 g/mol. The highest BCUT2D eigenvalue weighted by Crippen LogP contribution is 2.26. The Bertz CT molecular complexity index is 672. The summed E-state index contributed by atoms with van der Waals surface area (Å²) in [5, 5.41) is 4.69. The third kappa shape index (κ3) is 4.11. The monoisotopic (exact) mass is 363 g/mol. The van der Waals surface area contributed by atoms with Gasteiger partial charge in [-0.15, -0.1) is 0 Å². The van der Waals surface area contributed by atoms with Crippen molar-refractivity contribution in [2.75, 3.05) is 25.9 Å². The van der Waals surface area contributed by atoms with E-state index in [-0.39, 0.29) is 11.8 Å². The fourth-order valence-electron chi connectivity index (χ4n) is 2.39. The van der Waals surface area contributed by atoms with Crippen molar-refractivity contribution in [2.45, 2.75) is 13.3 Å². The standard InChI is InChI=1S/C16H21N5O3S/c1-3-25-16(24)20(10-6-9-19-15(17)18-2)21-13(22)11-7-4-5-8-12(11)14(21)23/h4-5,7-8H,3,6,9-10H2,1-2H3,(H3,17,18,19). The van der Waals surface area contributed by atoms with E-state index in [0.29, 0.717) is 35.8 Å². The normalized spacial score (nSPS) is 13.8. The van der Waals surface area contributed by atoms with Crippen molar-refractivity contribution < 1.29 is 14.4 Å². The number of carbonyl (C=O) groups is 3. The van der Waals surface area contributed by atoms with Gasteiger partial charge < -0.3 is 11.1 Å². The number of hydrogen-bond acceptors (Lipinski definition) is 5. The van der Waals surface area contributed by atoms with E-state index in [9.17, 15) is 14.4 Å². The van der Waals surface area contributed by atoms with Crippen LogP contribution in [0, 0.1) is 0 Å². The van der Waals surface area contributed by atoms with Crippen LogP contribution in [0.15, 0.2) is 29.3 Å². The highest BCUT2D eigenvalue weighted by atomic mass is 32.2. The van der Waals surface area contributed by atoms with Crippen molar-refractivity contribution >= 4 is 34.8 Å². The second kappa shape index (κ2) is 8.52. The Morgan fingerprint density at radius 2 is 1.88 bits per heavy atom. The Morgan fingerprint density at radius 1 is 1.28 bits per heavy atom. The number of benzene rings is 1. The second-order valence-electron chi connectivity index (χ2n) is 5.18. The van der Waals surface area contributed by atoms with E-state index in [1.807, 2.05) is 6.92 Å². The lowest BCUT2D eigenvalue weighted by Gasteiger charge is -2.29. The molecule has 0 bridgehead atoms. The van der Waals surface area contributed by atoms with E-state index in [1.165, 1.54) is 5.01 Å².